The van der Waals surface area contributed by atoms with Crippen LogP contribution in [0.1, 0.15) is 40.0 Å². The maximum Gasteiger partial charge on any atom is 0.329 e. The summed E-state index contributed by atoms with van der Waals surface area (Å²) in [5.74, 6) is -5.61. The van der Waals surface area contributed by atoms with Gasteiger partial charge < -0.3 is 9.84 Å². The number of carboxylic acids is 1. The minimum atomic E-state index is -1.68. The normalized spacial score (nSPS) is 20.2. The van der Waals surface area contributed by atoms with Crippen molar-refractivity contribution < 1.29 is 38.6 Å². The minimum absolute atomic E-state index is 0.111. The summed E-state index contributed by atoms with van der Waals surface area (Å²) in [6, 6.07) is 3.06. The van der Waals surface area contributed by atoms with Crippen LogP contribution in [0.5, 0.6) is 0 Å². The molecule has 1 fully saturated rings. The fraction of sp³-hybridized carbons (Fsp3) is 0.333. The van der Waals surface area contributed by atoms with Crippen molar-refractivity contribution in [3.63, 3.8) is 0 Å². The number of piperidine rings is 1. The molecular formula is C18H16N2O8. The van der Waals surface area contributed by atoms with Gasteiger partial charge in [0.2, 0.25) is 5.91 Å². The number of hydrogen-bond acceptors (Lipinski definition) is 7. The third-order valence-electron chi connectivity index (χ3n) is 4.71. The molecule has 0 aliphatic carbocycles. The van der Waals surface area contributed by atoms with E-state index in [-0.39, 0.29) is 24.0 Å². The second-order valence-corrected chi connectivity index (χ2v) is 6.32. The summed E-state index contributed by atoms with van der Waals surface area (Å²) in [5.41, 5.74) is 0.276. The second kappa shape index (κ2) is 7.22. The van der Waals surface area contributed by atoms with Crippen molar-refractivity contribution in [2.24, 2.45) is 0 Å². The van der Waals surface area contributed by atoms with E-state index in [2.05, 4.69) is 4.74 Å². The maximum absolute atomic E-state index is 13.0. The Bertz CT molecular complexity index is 874. The number of nitrogens with zero attached hydrogens (tertiary/aromatic N) is 2. The highest BCUT2D eigenvalue weighted by molar-refractivity contribution is 6.23. The van der Waals surface area contributed by atoms with Crippen LogP contribution in [-0.2, 0) is 23.9 Å². The average molecular weight is 388 g/mol. The number of hydrogen-bond donors (Lipinski definition) is 1. The maximum atomic E-state index is 13.0. The molecule has 1 N–H and O–H groups in total. The quantitative estimate of drug-likeness (QED) is 0.541. The number of fused-ring (bicyclic) bond motifs is 1. The van der Waals surface area contributed by atoms with Gasteiger partial charge in [-0.1, -0.05) is 12.1 Å². The molecular weight excluding hydrogens is 372 g/mol. The Labute approximate surface area is 158 Å². The van der Waals surface area contributed by atoms with E-state index in [4.69, 9.17) is 5.11 Å². The third-order valence-corrected chi connectivity index (χ3v) is 4.71. The first-order chi connectivity index (χ1) is 13.3. The zero-order valence-electron chi connectivity index (χ0n) is 14.8. The fourth-order valence-corrected chi connectivity index (χ4v) is 3.43. The van der Waals surface area contributed by atoms with Crippen LogP contribution in [0.15, 0.2) is 24.3 Å². The monoisotopic (exact) mass is 388 g/mol. The Hall–Kier alpha value is -3.56. The Balaban J connectivity index is 1.95. The lowest BCUT2D eigenvalue weighted by Crippen LogP contribution is -2.60. The van der Waals surface area contributed by atoms with Crippen molar-refractivity contribution in [3.05, 3.63) is 35.4 Å². The molecule has 10 nitrogen and oxygen atoms in total. The van der Waals surface area contributed by atoms with Crippen molar-refractivity contribution in [2.45, 2.75) is 31.3 Å². The van der Waals surface area contributed by atoms with Gasteiger partial charge in [0.1, 0.15) is 12.1 Å². The zero-order valence-corrected chi connectivity index (χ0v) is 14.8. The Morgan fingerprint density at radius 3 is 2.21 bits per heavy atom. The Morgan fingerprint density at radius 1 is 1.14 bits per heavy atom. The van der Waals surface area contributed by atoms with Crippen molar-refractivity contribution in [1.82, 2.24) is 9.80 Å². The van der Waals surface area contributed by atoms with Crippen LogP contribution in [0.25, 0.3) is 0 Å². The van der Waals surface area contributed by atoms with Crippen LogP contribution in [0.4, 0.5) is 0 Å². The molecule has 0 aromatic heterocycles. The number of imide groups is 2. The molecule has 146 valence electrons. The molecule has 1 saturated heterocycles. The number of carbonyl (C=O) groups excluding carboxylic acids is 5. The third kappa shape index (κ3) is 3.02. The standard InChI is InChI=1S/C18H16N2O8/c1-28-18(27)12(8-14(22)23)19-13(21)7-6-11(17(19)26)20-15(24)9-4-2-3-5-10(9)16(20)25/h2-5,11-12H,6-8H2,1H3,(H,22,23). The van der Waals surface area contributed by atoms with Crippen LogP contribution >= 0.6 is 0 Å². The number of aliphatic carboxylic acids is 1. The minimum Gasteiger partial charge on any atom is -0.481 e. The van der Waals surface area contributed by atoms with Crippen molar-refractivity contribution in [3.8, 4) is 0 Å². The fourth-order valence-electron chi connectivity index (χ4n) is 3.43. The summed E-state index contributed by atoms with van der Waals surface area (Å²) in [4.78, 5) is 74.9. The van der Waals surface area contributed by atoms with E-state index in [9.17, 15) is 28.8 Å². The molecule has 2 unspecified atom stereocenters. The SMILES string of the molecule is COC(=O)C(CC(=O)O)N1C(=O)CCC(N2C(=O)c3ccccc3C2=O)C1=O. The van der Waals surface area contributed by atoms with Gasteiger partial charge in [-0.3, -0.25) is 33.8 Å². The van der Waals surface area contributed by atoms with Crippen molar-refractivity contribution in [2.75, 3.05) is 7.11 Å². The number of benzene rings is 1. The molecule has 2 atom stereocenters. The lowest BCUT2D eigenvalue weighted by Gasteiger charge is -2.37. The molecule has 0 bridgehead atoms. The summed E-state index contributed by atoms with van der Waals surface area (Å²) in [6.45, 7) is 0. The number of carboxylic acid groups (broad SMARTS) is 1. The summed E-state index contributed by atoms with van der Waals surface area (Å²) in [5, 5.41) is 9.04. The van der Waals surface area contributed by atoms with Crippen LogP contribution < -0.4 is 0 Å². The number of rotatable bonds is 5. The van der Waals surface area contributed by atoms with Crippen LogP contribution in [0.3, 0.4) is 0 Å². The van der Waals surface area contributed by atoms with E-state index >= 15 is 0 Å². The smallest absolute Gasteiger partial charge is 0.329 e. The molecule has 2 heterocycles. The van der Waals surface area contributed by atoms with Crippen LogP contribution in [0, 0.1) is 0 Å². The topological polar surface area (TPSA) is 138 Å². The molecule has 0 saturated carbocycles. The first kappa shape index (κ1) is 19.2. The number of carbonyl (C=O) groups is 6. The molecule has 28 heavy (non-hydrogen) atoms. The largest absolute Gasteiger partial charge is 0.481 e. The summed E-state index contributed by atoms with van der Waals surface area (Å²) in [6.07, 6.45) is -1.20. The lowest BCUT2D eigenvalue weighted by molar-refractivity contribution is -0.166. The van der Waals surface area contributed by atoms with Gasteiger partial charge in [-0.15, -0.1) is 0 Å². The highest BCUT2D eigenvalue weighted by Crippen LogP contribution is 2.30. The first-order valence-corrected chi connectivity index (χ1v) is 8.40. The Kier molecular flexibility index (Phi) is 4.95. The second-order valence-electron chi connectivity index (χ2n) is 6.32. The van der Waals surface area contributed by atoms with E-state index in [0.29, 0.717) is 4.90 Å². The summed E-state index contributed by atoms with van der Waals surface area (Å²) < 4.78 is 4.52. The predicted octanol–water partition coefficient (Wildman–Crippen LogP) is -0.183. The van der Waals surface area contributed by atoms with Crippen LogP contribution in [-0.4, -0.2) is 69.7 Å². The molecule has 4 amide bonds. The van der Waals surface area contributed by atoms with Gasteiger partial charge in [0, 0.05) is 6.42 Å². The number of methoxy groups -OCH3 is 1. The zero-order chi connectivity index (χ0) is 20.6. The van der Waals surface area contributed by atoms with Gasteiger partial charge in [0.15, 0.2) is 0 Å². The van der Waals surface area contributed by atoms with Crippen molar-refractivity contribution in [1.29, 1.82) is 0 Å². The molecule has 2 aliphatic rings. The van der Waals surface area contributed by atoms with Gasteiger partial charge in [-0.2, -0.15) is 0 Å². The number of ether oxygens (including phenoxy) is 1. The first-order valence-electron chi connectivity index (χ1n) is 8.40. The highest BCUT2D eigenvalue weighted by Gasteiger charge is 2.49. The van der Waals surface area contributed by atoms with Crippen LogP contribution in [0.2, 0.25) is 0 Å². The van der Waals surface area contributed by atoms with Gasteiger partial charge >= 0.3 is 11.9 Å². The molecule has 2 aliphatic heterocycles. The molecule has 1 aromatic rings. The molecule has 10 heteroatoms. The Morgan fingerprint density at radius 2 is 1.71 bits per heavy atom. The van der Waals surface area contributed by atoms with Gasteiger partial charge in [0.05, 0.1) is 24.7 Å². The van der Waals surface area contributed by atoms with Gasteiger partial charge in [-0.05, 0) is 18.6 Å². The van der Waals surface area contributed by atoms with E-state index < -0.39 is 54.1 Å². The number of esters is 1. The predicted molar refractivity (Wildman–Crippen MR) is 89.9 cm³/mol. The molecule has 0 radical (unpaired) electrons. The molecule has 0 spiro atoms. The molecule has 1 aromatic carbocycles. The number of likely N-dealkylation sites (tertiary alicyclic amines) is 1. The van der Waals surface area contributed by atoms with E-state index in [1.807, 2.05) is 0 Å². The van der Waals surface area contributed by atoms with E-state index in [1.54, 1.807) is 12.1 Å². The van der Waals surface area contributed by atoms with E-state index in [0.717, 1.165) is 12.0 Å². The van der Waals surface area contributed by atoms with Crippen molar-refractivity contribution >= 4 is 35.6 Å². The summed E-state index contributed by atoms with van der Waals surface area (Å²) in [7, 11) is 0.998. The average Bonchev–Trinajstić information content (AvgIpc) is 2.91. The highest BCUT2D eigenvalue weighted by atomic mass is 16.5. The van der Waals surface area contributed by atoms with E-state index in [1.165, 1.54) is 12.1 Å². The summed E-state index contributed by atoms with van der Waals surface area (Å²) >= 11 is 0. The van der Waals surface area contributed by atoms with Gasteiger partial charge in [-0.25, -0.2) is 4.79 Å². The number of amides is 4. The molecule has 3 rings (SSSR count). The van der Waals surface area contributed by atoms with Gasteiger partial charge in [0.25, 0.3) is 17.7 Å². The lowest BCUT2D eigenvalue weighted by atomic mass is 9.99.